The van der Waals surface area contributed by atoms with Crippen LogP contribution in [0.25, 0.3) is 10.9 Å². The third-order valence-electron chi connectivity index (χ3n) is 4.14. The molecule has 0 radical (unpaired) electrons. The zero-order valence-electron chi connectivity index (χ0n) is 12.6. The molecule has 0 aliphatic carbocycles. The molecule has 7 heteroatoms. The minimum Gasteiger partial charge on any atom is -0.365 e. The van der Waals surface area contributed by atoms with Crippen molar-refractivity contribution < 1.29 is 4.92 Å². The summed E-state index contributed by atoms with van der Waals surface area (Å²) in [5.74, 6) is 0.956. The molecule has 1 aromatic carbocycles. The number of H-pyrrole nitrogens is 1. The molecule has 22 heavy (non-hydrogen) atoms. The van der Waals surface area contributed by atoms with Crippen LogP contribution in [0.2, 0.25) is 0 Å². The standard InChI is InChI=1S/C15H18N4O3/c1-9-3-10(2)7-18(6-9)13-5-12-11(4-14(13)19(21)22)15(20)17-8-16-12/h4-5,8-10H,3,6-7H2,1-2H3,(H,16,17,20)/t9-,10+. The second-order valence-corrected chi connectivity index (χ2v) is 6.20. The average Bonchev–Trinajstić information content (AvgIpc) is 2.45. The van der Waals surface area contributed by atoms with Crippen LogP contribution in [-0.4, -0.2) is 28.0 Å². The van der Waals surface area contributed by atoms with E-state index in [9.17, 15) is 14.9 Å². The highest BCUT2D eigenvalue weighted by Gasteiger charge is 2.28. The molecular formula is C15H18N4O3. The largest absolute Gasteiger partial charge is 0.365 e. The number of anilines is 1. The van der Waals surface area contributed by atoms with Gasteiger partial charge in [0, 0.05) is 19.2 Å². The van der Waals surface area contributed by atoms with E-state index in [1.807, 2.05) is 4.90 Å². The number of aromatic nitrogens is 2. The van der Waals surface area contributed by atoms with Gasteiger partial charge in [0.15, 0.2) is 0 Å². The number of rotatable bonds is 2. The van der Waals surface area contributed by atoms with Crippen LogP contribution in [0.15, 0.2) is 23.3 Å². The van der Waals surface area contributed by atoms with Gasteiger partial charge in [0.05, 0.1) is 22.2 Å². The van der Waals surface area contributed by atoms with E-state index in [0.29, 0.717) is 23.0 Å². The maximum absolute atomic E-state index is 11.8. The Hall–Kier alpha value is -2.44. The number of nitro benzene ring substituents is 1. The molecule has 2 aromatic rings. The van der Waals surface area contributed by atoms with E-state index >= 15 is 0 Å². The SMILES string of the molecule is C[C@@H]1C[C@H](C)CN(c2cc3nc[nH]c(=O)c3cc2[N+](=O)[O-])C1. The summed E-state index contributed by atoms with van der Waals surface area (Å²) in [6, 6.07) is 2.99. The van der Waals surface area contributed by atoms with Crippen LogP contribution < -0.4 is 10.5 Å². The minimum atomic E-state index is -0.425. The molecule has 1 aliphatic heterocycles. The Morgan fingerprint density at radius 2 is 2.00 bits per heavy atom. The van der Waals surface area contributed by atoms with Crippen molar-refractivity contribution in [2.75, 3.05) is 18.0 Å². The van der Waals surface area contributed by atoms with Crippen LogP contribution in [0.1, 0.15) is 20.3 Å². The van der Waals surface area contributed by atoms with Crippen LogP contribution in [0.3, 0.4) is 0 Å². The molecule has 0 unspecified atom stereocenters. The van der Waals surface area contributed by atoms with Crippen LogP contribution in [0, 0.1) is 22.0 Å². The molecule has 1 aliphatic rings. The van der Waals surface area contributed by atoms with Gasteiger partial charge < -0.3 is 9.88 Å². The molecule has 0 bridgehead atoms. The molecule has 1 aromatic heterocycles. The van der Waals surface area contributed by atoms with E-state index in [-0.39, 0.29) is 16.6 Å². The van der Waals surface area contributed by atoms with Gasteiger partial charge in [-0.2, -0.15) is 0 Å². The molecule has 0 spiro atoms. The van der Waals surface area contributed by atoms with E-state index < -0.39 is 4.92 Å². The summed E-state index contributed by atoms with van der Waals surface area (Å²) in [6.07, 6.45) is 2.44. The molecule has 0 saturated carbocycles. The topological polar surface area (TPSA) is 92.1 Å². The van der Waals surface area contributed by atoms with Crippen LogP contribution in [0.5, 0.6) is 0 Å². The summed E-state index contributed by atoms with van der Waals surface area (Å²) in [6.45, 7) is 5.86. The van der Waals surface area contributed by atoms with Crippen molar-refractivity contribution in [3.8, 4) is 0 Å². The summed E-state index contributed by atoms with van der Waals surface area (Å²) in [4.78, 5) is 31.4. The van der Waals surface area contributed by atoms with Gasteiger partial charge >= 0.3 is 0 Å². The molecule has 3 rings (SSSR count). The van der Waals surface area contributed by atoms with E-state index in [0.717, 1.165) is 19.5 Å². The molecule has 1 saturated heterocycles. The number of benzene rings is 1. The molecule has 116 valence electrons. The Labute approximate surface area is 127 Å². The molecule has 7 nitrogen and oxygen atoms in total. The van der Waals surface area contributed by atoms with Crippen molar-refractivity contribution in [3.05, 3.63) is 38.9 Å². The van der Waals surface area contributed by atoms with Crippen molar-refractivity contribution in [1.82, 2.24) is 9.97 Å². The van der Waals surface area contributed by atoms with Gasteiger partial charge in [0.25, 0.3) is 11.2 Å². The zero-order chi connectivity index (χ0) is 15.9. The van der Waals surface area contributed by atoms with Gasteiger partial charge in [-0.3, -0.25) is 14.9 Å². The number of fused-ring (bicyclic) bond motifs is 1. The summed E-state index contributed by atoms with van der Waals surface area (Å²) in [5.41, 5.74) is 0.636. The highest BCUT2D eigenvalue weighted by molar-refractivity contribution is 5.87. The predicted molar refractivity (Wildman–Crippen MR) is 84.2 cm³/mol. The van der Waals surface area contributed by atoms with Gasteiger partial charge in [-0.05, 0) is 24.3 Å². The van der Waals surface area contributed by atoms with Crippen molar-refractivity contribution in [2.24, 2.45) is 11.8 Å². The fourth-order valence-electron chi connectivity index (χ4n) is 3.35. The quantitative estimate of drug-likeness (QED) is 0.679. The smallest absolute Gasteiger partial charge is 0.293 e. The first kappa shape index (κ1) is 14.5. The molecule has 2 heterocycles. The first-order valence-corrected chi connectivity index (χ1v) is 7.36. The molecule has 2 atom stereocenters. The molecule has 1 fully saturated rings. The minimum absolute atomic E-state index is 0.0349. The van der Waals surface area contributed by atoms with Crippen molar-refractivity contribution in [1.29, 1.82) is 0 Å². The fraction of sp³-hybridized carbons (Fsp3) is 0.467. The lowest BCUT2D eigenvalue weighted by Gasteiger charge is -2.36. The highest BCUT2D eigenvalue weighted by atomic mass is 16.6. The van der Waals surface area contributed by atoms with Gasteiger partial charge in [-0.1, -0.05) is 13.8 Å². The number of nitrogens with one attached hydrogen (secondary N) is 1. The van der Waals surface area contributed by atoms with E-state index in [2.05, 4.69) is 23.8 Å². The lowest BCUT2D eigenvalue weighted by molar-refractivity contribution is -0.384. The number of nitrogens with zero attached hydrogens (tertiary/aromatic N) is 3. The number of aromatic amines is 1. The summed E-state index contributed by atoms with van der Waals surface area (Å²) in [7, 11) is 0. The lowest BCUT2D eigenvalue weighted by Crippen LogP contribution is -2.39. The average molecular weight is 302 g/mol. The first-order valence-electron chi connectivity index (χ1n) is 7.36. The maximum Gasteiger partial charge on any atom is 0.293 e. The van der Waals surface area contributed by atoms with Gasteiger partial charge in [-0.15, -0.1) is 0 Å². The predicted octanol–water partition coefficient (Wildman–Crippen LogP) is 2.31. The molecular weight excluding hydrogens is 284 g/mol. The van der Waals surface area contributed by atoms with Crippen molar-refractivity contribution >= 4 is 22.3 Å². The number of hydrogen-bond acceptors (Lipinski definition) is 5. The fourth-order valence-corrected chi connectivity index (χ4v) is 3.35. The van der Waals surface area contributed by atoms with Gasteiger partial charge in [0.2, 0.25) is 0 Å². The summed E-state index contributed by atoms with van der Waals surface area (Å²) in [5, 5.41) is 11.7. The second kappa shape index (κ2) is 5.40. The van der Waals surface area contributed by atoms with Gasteiger partial charge in [-0.25, -0.2) is 4.98 Å². The first-order chi connectivity index (χ1) is 10.5. The van der Waals surface area contributed by atoms with Crippen LogP contribution in [-0.2, 0) is 0 Å². The Balaban J connectivity index is 2.17. The second-order valence-electron chi connectivity index (χ2n) is 6.20. The third-order valence-corrected chi connectivity index (χ3v) is 4.14. The van der Waals surface area contributed by atoms with Gasteiger partial charge in [0.1, 0.15) is 5.69 Å². The van der Waals surface area contributed by atoms with E-state index in [4.69, 9.17) is 0 Å². The summed E-state index contributed by atoms with van der Waals surface area (Å²) >= 11 is 0. The monoisotopic (exact) mass is 302 g/mol. The van der Waals surface area contributed by atoms with Crippen molar-refractivity contribution in [3.63, 3.8) is 0 Å². The molecule has 1 N–H and O–H groups in total. The van der Waals surface area contributed by atoms with Crippen LogP contribution in [0.4, 0.5) is 11.4 Å². The zero-order valence-corrected chi connectivity index (χ0v) is 12.6. The molecule has 0 amide bonds. The van der Waals surface area contributed by atoms with E-state index in [1.165, 1.54) is 12.4 Å². The normalized spacial score (nSPS) is 22.0. The highest BCUT2D eigenvalue weighted by Crippen LogP contribution is 2.35. The van der Waals surface area contributed by atoms with Crippen molar-refractivity contribution in [2.45, 2.75) is 20.3 Å². The number of piperidine rings is 1. The third kappa shape index (κ3) is 2.54. The Morgan fingerprint density at radius 1 is 1.32 bits per heavy atom. The Bertz CT molecular complexity index is 776. The maximum atomic E-state index is 11.8. The lowest BCUT2D eigenvalue weighted by atomic mass is 9.91. The number of nitro groups is 1. The van der Waals surface area contributed by atoms with Crippen LogP contribution >= 0.6 is 0 Å². The van der Waals surface area contributed by atoms with E-state index in [1.54, 1.807) is 6.07 Å². The Morgan fingerprint density at radius 3 is 2.64 bits per heavy atom. The number of hydrogen-bond donors (Lipinski definition) is 1. The Kier molecular flexibility index (Phi) is 3.56. The summed E-state index contributed by atoms with van der Waals surface area (Å²) < 4.78 is 0.